The van der Waals surface area contributed by atoms with Crippen LogP contribution in [0.25, 0.3) is 0 Å². The molecule has 0 N–H and O–H groups in total. The summed E-state index contributed by atoms with van der Waals surface area (Å²) in [6.45, 7) is 2.40. The number of hydrogen-bond acceptors (Lipinski definition) is 5. The van der Waals surface area contributed by atoms with Gasteiger partial charge in [0.2, 0.25) is 11.8 Å². The fourth-order valence-electron chi connectivity index (χ4n) is 3.32. The number of ether oxygens (including phenoxy) is 2. The summed E-state index contributed by atoms with van der Waals surface area (Å²) in [6.07, 6.45) is 1.54. The Morgan fingerprint density at radius 1 is 0.964 bits per heavy atom. The van der Waals surface area contributed by atoms with Crippen molar-refractivity contribution >= 4 is 23.2 Å². The summed E-state index contributed by atoms with van der Waals surface area (Å²) < 4.78 is 10.6. The standard InChI is InChI=1S/C21H26N2O4S/c1-26-18-7-5-16(14-19(18)27-2)6-8-20(24)22-9-11-23(12-10-22)21(25)15-17-4-3-13-28-17/h3-5,7,13-14H,6,8-12,15H2,1-2H3. The topological polar surface area (TPSA) is 59.1 Å². The summed E-state index contributed by atoms with van der Waals surface area (Å²) in [7, 11) is 3.21. The molecule has 0 unspecified atom stereocenters. The van der Waals surface area contributed by atoms with Crippen LogP contribution < -0.4 is 9.47 Å². The molecule has 0 aliphatic carbocycles. The number of aryl methyl sites for hydroxylation is 1. The van der Waals surface area contributed by atoms with Crippen LogP contribution in [-0.2, 0) is 22.4 Å². The lowest BCUT2D eigenvalue weighted by Gasteiger charge is -2.35. The van der Waals surface area contributed by atoms with Crippen molar-refractivity contribution < 1.29 is 19.1 Å². The molecule has 1 aromatic heterocycles. The third-order valence-corrected chi connectivity index (χ3v) is 5.84. The molecule has 6 nitrogen and oxygen atoms in total. The monoisotopic (exact) mass is 402 g/mol. The minimum atomic E-state index is 0.125. The van der Waals surface area contributed by atoms with E-state index < -0.39 is 0 Å². The van der Waals surface area contributed by atoms with Crippen LogP contribution in [0.4, 0.5) is 0 Å². The first-order chi connectivity index (χ1) is 13.6. The summed E-state index contributed by atoms with van der Waals surface area (Å²) in [5.74, 6) is 1.62. The first kappa shape index (κ1) is 20.2. The smallest absolute Gasteiger partial charge is 0.227 e. The molecule has 7 heteroatoms. The van der Waals surface area contributed by atoms with E-state index in [9.17, 15) is 9.59 Å². The van der Waals surface area contributed by atoms with E-state index in [0.717, 1.165) is 10.4 Å². The van der Waals surface area contributed by atoms with E-state index in [4.69, 9.17) is 9.47 Å². The SMILES string of the molecule is COc1ccc(CCC(=O)N2CCN(C(=O)Cc3cccs3)CC2)cc1OC. The molecule has 0 spiro atoms. The fourth-order valence-corrected chi connectivity index (χ4v) is 4.02. The van der Waals surface area contributed by atoms with Gasteiger partial charge in [-0.1, -0.05) is 12.1 Å². The molecule has 1 fully saturated rings. The molecule has 2 heterocycles. The van der Waals surface area contributed by atoms with E-state index in [1.165, 1.54) is 0 Å². The summed E-state index contributed by atoms with van der Waals surface area (Å²) in [4.78, 5) is 29.7. The third-order valence-electron chi connectivity index (χ3n) is 4.97. The summed E-state index contributed by atoms with van der Waals surface area (Å²) in [5, 5.41) is 1.98. The Morgan fingerprint density at radius 3 is 2.25 bits per heavy atom. The third kappa shape index (κ3) is 5.04. The lowest BCUT2D eigenvalue weighted by Crippen LogP contribution is -2.51. The average Bonchev–Trinajstić information content (AvgIpc) is 3.24. The number of piperazine rings is 1. The van der Waals surface area contributed by atoms with E-state index in [1.54, 1.807) is 25.6 Å². The second-order valence-corrected chi connectivity index (χ2v) is 7.74. The van der Waals surface area contributed by atoms with Gasteiger partial charge in [0.15, 0.2) is 11.5 Å². The fraction of sp³-hybridized carbons (Fsp3) is 0.429. The van der Waals surface area contributed by atoms with Gasteiger partial charge in [0.1, 0.15) is 0 Å². The van der Waals surface area contributed by atoms with Gasteiger partial charge in [-0.25, -0.2) is 0 Å². The van der Waals surface area contributed by atoms with Crippen molar-refractivity contribution in [3.8, 4) is 11.5 Å². The highest BCUT2D eigenvalue weighted by Crippen LogP contribution is 2.28. The van der Waals surface area contributed by atoms with Crippen molar-refractivity contribution in [3.63, 3.8) is 0 Å². The molecule has 0 radical (unpaired) electrons. The maximum atomic E-state index is 12.6. The minimum Gasteiger partial charge on any atom is -0.493 e. The van der Waals surface area contributed by atoms with E-state index in [-0.39, 0.29) is 11.8 Å². The molecule has 0 bridgehead atoms. The summed E-state index contributed by atoms with van der Waals surface area (Å²) in [6, 6.07) is 9.67. The van der Waals surface area contributed by atoms with Crippen LogP contribution >= 0.6 is 11.3 Å². The van der Waals surface area contributed by atoms with Crippen LogP contribution in [-0.4, -0.2) is 62.0 Å². The van der Waals surface area contributed by atoms with E-state index in [2.05, 4.69) is 0 Å². The number of nitrogens with zero attached hydrogens (tertiary/aromatic N) is 2. The van der Waals surface area contributed by atoms with Crippen molar-refractivity contribution in [2.75, 3.05) is 40.4 Å². The lowest BCUT2D eigenvalue weighted by molar-refractivity contribution is -0.139. The van der Waals surface area contributed by atoms with Gasteiger partial charge in [0.05, 0.1) is 20.6 Å². The summed E-state index contributed by atoms with van der Waals surface area (Å²) in [5.41, 5.74) is 1.04. The predicted molar refractivity (Wildman–Crippen MR) is 109 cm³/mol. The molecule has 0 saturated carbocycles. The zero-order valence-electron chi connectivity index (χ0n) is 16.3. The van der Waals surface area contributed by atoms with Crippen molar-refractivity contribution in [2.24, 2.45) is 0 Å². The first-order valence-electron chi connectivity index (χ1n) is 9.39. The maximum Gasteiger partial charge on any atom is 0.227 e. The number of methoxy groups -OCH3 is 2. The number of amides is 2. The molecule has 2 amide bonds. The van der Waals surface area contributed by atoms with Gasteiger partial charge in [-0.15, -0.1) is 11.3 Å². The van der Waals surface area contributed by atoms with Crippen LogP contribution in [0.15, 0.2) is 35.7 Å². The number of carbonyl (C=O) groups is 2. The van der Waals surface area contributed by atoms with Crippen molar-refractivity contribution in [3.05, 3.63) is 46.2 Å². The van der Waals surface area contributed by atoms with Crippen LogP contribution in [0.5, 0.6) is 11.5 Å². The minimum absolute atomic E-state index is 0.125. The normalized spacial score (nSPS) is 14.1. The van der Waals surface area contributed by atoms with E-state index in [1.807, 2.05) is 45.5 Å². The Hall–Kier alpha value is -2.54. The predicted octanol–water partition coefficient (Wildman–Crippen LogP) is 2.61. The lowest BCUT2D eigenvalue weighted by atomic mass is 10.1. The molecular formula is C21H26N2O4S. The van der Waals surface area contributed by atoms with Crippen molar-refractivity contribution in [1.29, 1.82) is 0 Å². The van der Waals surface area contributed by atoms with Crippen LogP contribution in [0.1, 0.15) is 16.9 Å². The number of hydrogen-bond donors (Lipinski definition) is 0. The molecule has 150 valence electrons. The van der Waals surface area contributed by atoms with E-state index in [0.29, 0.717) is 56.9 Å². The molecule has 2 aromatic rings. The maximum absolute atomic E-state index is 12.6. The first-order valence-corrected chi connectivity index (χ1v) is 10.3. The molecule has 1 aromatic carbocycles. The van der Waals surface area contributed by atoms with Crippen LogP contribution in [0.3, 0.4) is 0 Å². The number of benzene rings is 1. The van der Waals surface area contributed by atoms with Gasteiger partial charge in [-0.3, -0.25) is 9.59 Å². The molecule has 1 aliphatic heterocycles. The molecular weight excluding hydrogens is 376 g/mol. The number of carbonyl (C=O) groups excluding carboxylic acids is 2. The second kappa shape index (κ2) is 9.59. The highest BCUT2D eigenvalue weighted by molar-refractivity contribution is 7.10. The Balaban J connectivity index is 1.45. The van der Waals surface area contributed by atoms with Crippen LogP contribution in [0.2, 0.25) is 0 Å². The molecule has 28 heavy (non-hydrogen) atoms. The van der Waals surface area contributed by atoms with Gasteiger partial charge in [-0.2, -0.15) is 0 Å². The molecule has 3 rings (SSSR count). The Kier molecular flexibility index (Phi) is 6.92. The molecule has 0 atom stereocenters. The Morgan fingerprint density at radius 2 is 1.64 bits per heavy atom. The van der Waals surface area contributed by atoms with E-state index >= 15 is 0 Å². The van der Waals surface area contributed by atoms with Gasteiger partial charge in [0, 0.05) is 37.5 Å². The second-order valence-electron chi connectivity index (χ2n) is 6.71. The van der Waals surface area contributed by atoms with Gasteiger partial charge in [-0.05, 0) is 35.6 Å². The number of rotatable bonds is 7. The Bertz CT molecular complexity index is 799. The average molecular weight is 403 g/mol. The largest absolute Gasteiger partial charge is 0.493 e. The van der Waals surface area contributed by atoms with Crippen molar-refractivity contribution in [2.45, 2.75) is 19.3 Å². The highest BCUT2D eigenvalue weighted by Gasteiger charge is 2.24. The Labute approximate surface area is 169 Å². The zero-order chi connectivity index (χ0) is 19.9. The van der Waals surface area contributed by atoms with Gasteiger partial charge < -0.3 is 19.3 Å². The van der Waals surface area contributed by atoms with Crippen molar-refractivity contribution in [1.82, 2.24) is 9.80 Å². The molecule has 1 aliphatic rings. The highest BCUT2D eigenvalue weighted by atomic mass is 32.1. The number of thiophene rings is 1. The quantitative estimate of drug-likeness (QED) is 0.714. The van der Waals surface area contributed by atoms with Gasteiger partial charge >= 0.3 is 0 Å². The van der Waals surface area contributed by atoms with Gasteiger partial charge in [0.25, 0.3) is 0 Å². The summed E-state index contributed by atoms with van der Waals surface area (Å²) >= 11 is 1.60. The van der Waals surface area contributed by atoms with Crippen LogP contribution in [0, 0.1) is 0 Å². The molecule has 1 saturated heterocycles. The zero-order valence-corrected chi connectivity index (χ0v) is 17.2.